The summed E-state index contributed by atoms with van der Waals surface area (Å²) in [6.07, 6.45) is -2.84. The fourth-order valence-corrected chi connectivity index (χ4v) is 2.82. The van der Waals surface area contributed by atoms with Crippen LogP contribution in [0.5, 0.6) is 0 Å². The first-order valence-corrected chi connectivity index (χ1v) is 8.21. The Balaban J connectivity index is 2.16. The second kappa shape index (κ2) is 7.95. The summed E-state index contributed by atoms with van der Waals surface area (Å²) in [4.78, 5) is 12.5. The summed E-state index contributed by atoms with van der Waals surface area (Å²) < 4.78 is 51.5. The number of carbonyl (C=O) groups is 1. The van der Waals surface area contributed by atoms with E-state index in [9.17, 15) is 18.0 Å². The van der Waals surface area contributed by atoms with Gasteiger partial charge in [-0.3, -0.25) is 4.79 Å². The summed E-state index contributed by atoms with van der Waals surface area (Å²) in [5.74, 6) is -0.590. The molecule has 7 heteroatoms. The number of halogens is 3. The second-order valence-electron chi connectivity index (χ2n) is 6.30. The molecule has 0 radical (unpaired) electrons. The van der Waals surface area contributed by atoms with Crippen LogP contribution in [0, 0.1) is 12.8 Å². The number of benzene rings is 1. The first-order valence-electron chi connectivity index (χ1n) is 8.21. The van der Waals surface area contributed by atoms with E-state index in [-0.39, 0.29) is 18.0 Å². The molecule has 26 heavy (non-hydrogen) atoms. The quantitative estimate of drug-likeness (QED) is 0.803. The van der Waals surface area contributed by atoms with Crippen molar-refractivity contribution in [1.29, 1.82) is 0 Å². The van der Waals surface area contributed by atoms with Gasteiger partial charge in [0.15, 0.2) is 0 Å². The molecule has 0 aliphatic heterocycles. The normalized spacial score (nSPS) is 15.3. The van der Waals surface area contributed by atoms with Crippen molar-refractivity contribution in [2.75, 3.05) is 13.7 Å². The monoisotopic (exact) mass is 369 g/mol. The minimum atomic E-state index is -4.91. The molecule has 2 aromatic rings. The highest BCUT2D eigenvalue weighted by atomic mass is 19.4. The van der Waals surface area contributed by atoms with E-state index in [0.29, 0.717) is 6.42 Å². The Morgan fingerprint density at radius 2 is 1.88 bits per heavy atom. The summed E-state index contributed by atoms with van der Waals surface area (Å²) >= 11 is 0. The van der Waals surface area contributed by atoms with Gasteiger partial charge in [0, 0.05) is 25.6 Å². The molecule has 4 nitrogen and oxygen atoms in total. The Morgan fingerprint density at radius 1 is 1.23 bits per heavy atom. The predicted molar refractivity (Wildman–Crippen MR) is 90.5 cm³/mol. The van der Waals surface area contributed by atoms with Crippen molar-refractivity contribution in [3.63, 3.8) is 0 Å². The lowest BCUT2D eigenvalue weighted by molar-refractivity contribution is -0.265. The molecule has 1 aromatic heterocycles. The van der Waals surface area contributed by atoms with Gasteiger partial charge in [-0.05, 0) is 24.5 Å². The van der Waals surface area contributed by atoms with Crippen molar-refractivity contribution < 1.29 is 27.1 Å². The highest BCUT2D eigenvalue weighted by Gasteiger charge is 2.62. The highest BCUT2D eigenvalue weighted by molar-refractivity contribution is 5.87. The maximum Gasteiger partial charge on any atom is 0.430 e. The smallest absolute Gasteiger partial charge is 0.430 e. The topological polar surface area (TPSA) is 51.5 Å². The third kappa shape index (κ3) is 3.93. The van der Waals surface area contributed by atoms with E-state index < -0.39 is 17.7 Å². The summed E-state index contributed by atoms with van der Waals surface area (Å²) in [6.45, 7) is 3.78. The Labute approximate surface area is 150 Å². The van der Waals surface area contributed by atoms with Gasteiger partial charge in [0.1, 0.15) is 5.76 Å². The van der Waals surface area contributed by atoms with E-state index in [1.165, 1.54) is 24.3 Å². The van der Waals surface area contributed by atoms with Gasteiger partial charge in [-0.15, -0.1) is 0 Å². The van der Waals surface area contributed by atoms with Crippen molar-refractivity contribution in [2.24, 2.45) is 5.92 Å². The number of carbonyl (C=O) groups excluding carboxylic acids is 1. The SMILES string of the molecule is CO[C@@](C(=O)NC[C@@H](C)Cc1occc1C)(c1ccccc1)C(F)(F)F. The number of alkyl halides is 3. The number of furan rings is 1. The lowest BCUT2D eigenvalue weighted by Crippen LogP contribution is -2.56. The van der Waals surface area contributed by atoms with Gasteiger partial charge in [0.25, 0.3) is 11.5 Å². The van der Waals surface area contributed by atoms with Crippen LogP contribution >= 0.6 is 0 Å². The van der Waals surface area contributed by atoms with Crippen molar-refractivity contribution in [3.05, 3.63) is 59.5 Å². The zero-order valence-corrected chi connectivity index (χ0v) is 14.9. The molecule has 0 bridgehead atoms. The summed E-state index contributed by atoms with van der Waals surface area (Å²) in [6, 6.07) is 8.72. The Morgan fingerprint density at radius 3 is 2.38 bits per heavy atom. The van der Waals surface area contributed by atoms with Gasteiger partial charge < -0.3 is 14.5 Å². The lowest BCUT2D eigenvalue weighted by atomic mass is 9.91. The van der Waals surface area contributed by atoms with Crippen LogP contribution in [-0.2, 0) is 21.6 Å². The molecule has 1 N–H and O–H groups in total. The fourth-order valence-electron chi connectivity index (χ4n) is 2.82. The van der Waals surface area contributed by atoms with Crippen LogP contribution in [0.4, 0.5) is 13.2 Å². The third-order valence-corrected chi connectivity index (χ3v) is 4.32. The van der Waals surface area contributed by atoms with Crippen LogP contribution in [-0.4, -0.2) is 25.7 Å². The highest BCUT2D eigenvalue weighted by Crippen LogP contribution is 2.42. The van der Waals surface area contributed by atoms with Gasteiger partial charge in [0.2, 0.25) is 0 Å². The van der Waals surface area contributed by atoms with Crippen molar-refractivity contribution >= 4 is 5.91 Å². The number of aryl methyl sites for hydroxylation is 1. The molecule has 2 atom stereocenters. The van der Waals surface area contributed by atoms with Crippen LogP contribution in [0.15, 0.2) is 47.1 Å². The average Bonchev–Trinajstić information content (AvgIpc) is 2.98. The standard InChI is InChI=1S/C19H22F3NO3/c1-13(11-16-14(2)9-10-26-16)12-23-17(24)18(25-3,19(20,21)22)15-7-5-4-6-8-15/h4-10,13H,11-12H2,1-3H3,(H,23,24)/t13-,18+/m0/s1. The first-order chi connectivity index (χ1) is 12.2. The van der Waals surface area contributed by atoms with Crippen molar-refractivity contribution in [2.45, 2.75) is 32.0 Å². The first kappa shape index (κ1) is 20.0. The van der Waals surface area contributed by atoms with E-state index in [2.05, 4.69) is 5.32 Å². The molecule has 1 heterocycles. The van der Waals surface area contributed by atoms with E-state index in [0.717, 1.165) is 18.4 Å². The number of nitrogens with one attached hydrogen (secondary N) is 1. The molecule has 0 aliphatic rings. The molecule has 1 aromatic carbocycles. The molecule has 0 saturated carbocycles. The summed E-state index contributed by atoms with van der Waals surface area (Å²) in [5, 5.41) is 2.39. The Kier molecular flexibility index (Phi) is 6.13. The molecule has 0 unspecified atom stereocenters. The number of hydrogen-bond acceptors (Lipinski definition) is 3. The van der Waals surface area contributed by atoms with Crippen LogP contribution in [0.3, 0.4) is 0 Å². The third-order valence-electron chi connectivity index (χ3n) is 4.32. The van der Waals surface area contributed by atoms with E-state index >= 15 is 0 Å². The van der Waals surface area contributed by atoms with Crippen molar-refractivity contribution in [3.8, 4) is 0 Å². The van der Waals surface area contributed by atoms with Gasteiger partial charge in [-0.25, -0.2) is 0 Å². The van der Waals surface area contributed by atoms with Gasteiger partial charge in [0.05, 0.1) is 6.26 Å². The van der Waals surface area contributed by atoms with Gasteiger partial charge >= 0.3 is 6.18 Å². The maximum absolute atomic E-state index is 13.8. The van der Waals surface area contributed by atoms with Crippen LogP contribution in [0.25, 0.3) is 0 Å². The second-order valence-corrected chi connectivity index (χ2v) is 6.30. The largest absolute Gasteiger partial charge is 0.469 e. The Hall–Kier alpha value is -2.28. The van der Waals surface area contributed by atoms with Crippen LogP contribution in [0.1, 0.15) is 23.8 Å². The minimum absolute atomic E-state index is 0.0625. The summed E-state index contributed by atoms with van der Waals surface area (Å²) in [5.41, 5.74) is -2.34. The van der Waals surface area contributed by atoms with Gasteiger partial charge in [-0.2, -0.15) is 13.2 Å². The molecular weight excluding hydrogens is 347 g/mol. The minimum Gasteiger partial charge on any atom is -0.469 e. The molecule has 0 spiro atoms. The lowest BCUT2D eigenvalue weighted by Gasteiger charge is -2.33. The molecule has 142 valence electrons. The van der Waals surface area contributed by atoms with E-state index in [4.69, 9.17) is 9.15 Å². The zero-order chi connectivity index (χ0) is 19.4. The zero-order valence-electron chi connectivity index (χ0n) is 14.9. The maximum atomic E-state index is 13.8. The summed E-state index contributed by atoms with van der Waals surface area (Å²) in [7, 11) is 0.885. The molecule has 0 fully saturated rings. The van der Waals surface area contributed by atoms with E-state index in [1.807, 2.05) is 19.9 Å². The average molecular weight is 369 g/mol. The predicted octanol–water partition coefficient (Wildman–Crippen LogP) is 3.99. The molecule has 0 aliphatic carbocycles. The number of amides is 1. The number of methoxy groups -OCH3 is 1. The Bertz CT molecular complexity index is 727. The number of ether oxygens (including phenoxy) is 1. The number of rotatable bonds is 7. The van der Waals surface area contributed by atoms with Crippen molar-refractivity contribution in [1.82, 2.24) is 5.32 Å². The number of hydrogen-bond donors (Lipinski definition) is 1. The molecule has 0 saturated heterocycles. The van der Waals surface area contributed by atoms with Crippen LogP contribution < -0.4 is 5.32 Å². The molecule has 1 amide bonds. The van der Waals surface area contributed by atoms with E-state index in [1.54, 1.807) is 12.3 Å². The van der Waals surface area contributed by atoms with Gasteiger partial charge in [-0.1, -0.05) is 37.3 Å². The fraction of sp³-hybridized carbons (Fsp3) is 0.421. The molecule has 2 rings (SSSR count). The van der Waals surface area contributed by atoms with Crippen LogP contribution in [0.2, 0.25) is 0 Å². The molecular formula is C19H22F3NO3.